The van der Waals surface area contributed by atoms with Gasteiger partial charge in [0, 0.05) is 44.1 Å². The van der Waals surface area contributed by atoms with Crippen molar-refractivity contribution in [1.82, 2.24) is 14.1 Å². The fourth-order valence-electron chi connectivity index (χ4n) is 8.96. The van der Waals surface area contributed by atoms with Crippen molar-refractivity contribution in [3.63, 3.8) is 0 Å². The Balaban J connectivity index is 1.30. The minimum absolute atomic E-state index is 0.400. The van der Waals surface area contributed by atoms with Gasteiger partial charge in [-0.15, -0.1) is 0 Å². The van der Waals surface area contributed by atoms with Crippen LogP contribution in [0.5, 0.6) is 0 Å². The molecule has 0 atom stereocenters. The van der Waals surface area contributed by atoms with Crippen LogP contribution in [0.4, 0.5) is 5.69 Å². The van der Waals surface area contributed by atoms with Crippen molar-refractivity contribution in [3.8, 4) is 69.0 Å². The second kappa shape index (κ2) is 14.5. The van der Waals surface area contributed by atoms with Crippen LogP contribution in [0, 0.1) is 65.7 Å². The van der Waals surface area contributed by atoms with E-state index >= 15 is 0 Å². The number of nitriles is 4. The maximum atomic E-state index is 11.2. The molecule has 8 heteroatoms. The summed E-state index contributed by atoms with van der Waals surface area (Å²) in [5.74, 6) is 0. The van der Waals surface area contributed by atoms with E-state index in [1.54, 1.807) is 24.3 Å². The summed E-state index contributed by atoms with van der Waals surface area (Å²) in [7, 11) is 0. The summed E-state index contributed by atoms with van der Waals surface area (Å²) >= 11 is 0. The van der Waals surface area contributed by atoms with Crippen LogP contribution >= 0.6 is 0 Å². The molecule has 286 valence electrons. The molecular weight excluding hydrogens is 761 g/mol. The summed E-state index contributed by atoms with van der Waals surface area (Å²) in [5, 5.41) is 45.1. The van der Waals surface area contributed by atoms with Crippen molar-refractivity contribution in [2.75, 3.05) is 0 Å². The highest BCUT2D eigenvalue weighted by molar-refractivity contribution is 6.12. The molecule has 0 bridgehead atoms. The van der Waals surface area contributed by atoms with Crippen molar-refractivity contribution >= 4 is 49.3 Å². The van der Waals surface area contributed by atoms with Crippen LogP contribution < -0.4 is 0 Å². The van der Waals surface area contributed by atoms with E-state index < -0.39 is 0 Å². The Labute approximate surface area is 356 Å². The number of benzene rings is 7. The molecule has 62 heavy (non-hydrogen) atoms. The molecule has 3 heterocycles. The molecule has 0 aliphatic rings. The molecule has 0 aliphatic carbocycles. The average molecular weight is 791 g/mol. The Morgan fingerprint density at radius 3 is 1.55 bits per heavy atom. The van der Waals surface area contributed by atoms with Crippen LogP contribution in [-0.4, -0.2) is 14.1 Å². The zero-order valence-corrected chi connectivity index (χ0v) is 33.4. The molecule has 10 rings (SSSR count). The Bertz CT molecular complexity index is 3770. The highest BCUT2D eigenvalue weighted by atomic mass is 15.0. The molecule has 10 aromatic rings. The monoisotopic (exact) mass is 790 g/mol. The number of para-hydroxylation sites is 2. The molecule has 7 aromatic carbocycles. The molecule has 0 amide bonds. The lowest BCUT2D eigenvalue weighted by molar-refractivity contribution is 1.11. The van der Waals surface area contributed by atoms with Gasteiger partial charge in [-0.05, 0) is 108 Å². The normalized spacial score (nSPS) is 11.0. The molecule has 0 unspecified atom stereocenters. The second-order valence-electron chi connectivity index (χ2n) is 15.2. The predicted molar refractivity (Wildman–Crippen MR) is 244 cm³/mol. The van der Waals surface area contributed by atoms with Gasteiger partial charge in [0.1, 0.15) is 6.07 Å². The molecule has 0 N–H and O–H groups in total. The van der Waals surface area contributed by atoms with Gasteiger partial charge < -0.3 is 9.13 Å². The Morgan fingerprint density at radius 1 is 0.452 bits per heavy atom. The maximum absolute atomic E-state index is 11.2. The topological polar surface area (TPSA) is 122 Å². The minimum atomic E-state index is 0.400. The highest BCUT2D eigenvalue weighted by Gasteiger charge is 2.23. The molecule has 0 fully saturated rings. The first-order chi connectivity index (χ1) is 30.3. The molecule has 0 radical (unpaired) electrons. The number of pyridine rings is 1. The van der Waals surface area contributed by atoms with Gasteiger partial charge in [0.25, 0.3) is 0 Å². The summed E-state index contributed by atoms with van der Waals surface area (Å²) < 4.78 is 4.34. The van der Waals surface area contributed by atoms with Gasteiger partial charge in [-0.25, -0.2) is 4.85 Å². The first-order valence-electron chi connectivity index (χ1n) is 19.8. The molecule has 0 aliphatic heterocycles. The Morgan fingerprint density at radius 2 is 0.984 bits per heavy atom. The number of aryl methyl sites for hydroxylation is 2. The first kappa shape index (κ1) is 37.0. The fraction of sp³-hybridized carbons (Fsp3) is 0.0370. The SMILES string of the molecule is [C-]#[N+]c1ccc(-c2ccc3c4ccccc4n(-c4cc(C#N)c(-n5c6ccccc6c6ccc(-c7ccc(C#N)cc7C#N)cc65)cc4-c4cc(C)nc(C)c4)c3c2)c(C#N)c1. The number of hydrogen-bond acceptors (Lipinski definition) is 5. The molecule has 8 nitrogen and oxygen atoms in total. The summed E-state index contributed by atoms with van der Waals surface area (Å²) in [6.07, 6.45) is 0. The number of fused-ring (bicyclic) bond motifs is 6. The van der Waals surface area contributed by atoms with Crippen LogP contribution in [0.3, 0.4) is 0 Å². The summed E-state index contributed by atoms with van der Waals surface area (Å²) in [6, 6.07) is 56.5. The van der Waals surface area contributed by atoms with Crippen LogP contribution in [-0.2, 0) is 0 Å². The lowest BCUT2D eigenvalue weighted by Crippen LogP contribution is -2.04. The molecular formula is C54H30N8. The first-order valence-corrected chi connectivity index (χ1v) is 19.8. The van der Waals surface area contributed by atoms with E-state index in [-0.39, 0.29) is 0 Å². The number of aromatic nitrogens is 3. The third-order valence-electron chi connectivity index (χ3n) is 11.6. The van der Waals surface area contributed by atoms with E-state index in [0.29, 0.717) is 39.2 Å². The van der Waals surface area contributed by atoms with Gasteiger partial charge in [0.15, 0.2) is 5.69 Å². The summed E-state index contributed by atoms with van der Waals surface area (Å²) in [4.78, 5) is 8.27. The van der Waals surface area contributed by atoms with E-state index in [0.717, 1.165) is 88.5 Å². The quantitative estimate of drug-likeness (QED) is 0.161. The summed E-state index contributed by atoms with van der Waals surface area (Å²) in [5.41, 5.74) is 13.7. The zero-order valence-electron chi connectivity index (χ0n) is 33.4. The standard InChI is InChI=1S/C54H30N8/c1-32-20-37(21-33(2)60-32)48-27-51(61-49-10-6-4-8-44(49)46-17-13-35(24-52(46)61)42-16-12-34(28-55)22-38(42)29-56)40(31-58)26-54(48)62-50-11-7-5-9-45(50)47-18-14-36(25-53(47)62)43-19-15-41(59-3)23-39(43)30-57/h4-27H,1-2H3. The van der Waals surface area contributed by atoms with Crippen molar-refractivity contribution in [1.29, 1.82) is 21.0 Å². The third kappa shape index (κ3) is 5.83. The van der Waals surface area contributed by atoms with E-state index in [1.807, 2.05) is 68.4 Å². The summed E-state index contributed by atoms with van der Waals surface area (Å²) in [6.45, 7) is 11.5. The second-order valence-corrected chi connectivity index (χ2v) is 15.2. The predicted octanol–water partition coefficient (Wildman–Crippen LogP) is 12.9. The van der Waals surface area contributed by atoms with Gasteiger partial charge in [-0.2, -0.15) is 21.0 Å². The van der Waals surface area contributed by atoms with Gasteiger partial charge in [0.2, 0.25) is 0 Å². The Kier molecular flexibility index (Phi) is 8.68. The molecule has 0 spiro atoms. The van der Waals surface area contributed by atoms with E-state index in [2.05, 4.69) is 105 Å². The lowest BCUT2D eigenvalue weighted by Gasteiger charge is -2.19. The van der Waals surface area contributed by atoms with Crippen molar-refractivity contribution in [2.45, 2.75) is 13.8 Å². The van der Waals surface area contributed by atoms with Gasteiger partial charge in [-0.1, -0.05) is 78.9 Å². The van der Waals surface area contributed by atoms with E-state index in [4.69, 9.17) is 11.6 Å². The zero-order chi connectivity index (χ0) is 42.6. The van der Waals surface area contributed by atoms with Crippen molar-refractivity contribution in [3.05, 3.63) is 191 Å². The largest absolute Gasteiger partial charge is 0.309 e. The molecule has 3 aromatic heterocycles. The van der Waals surface area contributed by atoms with Crippen LogP contribution in [0.25, 0.3) is 93.2 Å². The molecule has 0 saturated carbocycles. The van der Waals surface area contributed by atoms with Crippen molar-refractivity contribution in [2.24, 2.45) is 0 Å². The molecule has 0 saturated heterocycles. The van der Waals surface area contributed by atoms with E-state index in [1.165, 1.54) is 0 Å². The highest BCUT2D eigenvalue weighted by Crippen LogP contribution is 2.43. The average Bonchev–Trinajstić information content (AvgIpc) is 3.82. The Hall–Kier alpha value is -9.26. The lowest BCUT2D eigenvalue weighted by atomic mass is 9.97. The van der Waals surface area contributed by atoms with E-state index in [9.17, 15) is 21.0 Å². The minimum Gasteiger partial charge on any atom is -0.309 e. The third-order valence-corrected chi connectivity index (χ3v) is 11.6. The number of hydrogen-bond donors (Lipinski definition) is 0. The van der Waals surface area contributed by atoms with Crippen molar-refractivity contribution < 1.29 is 0 Å². The van der Waals surface area contributed by atoms with Gasteiger partial charge in [-0.3, -0.25) is 4.98 Å². The fourth-order valence-corrected chi connectivity index (χ4v) is 8.96. The van der Waals surface area contributed by atoms with Crippen LogP contribution in [0.2, 0.25) is 0 Å². The van der Waals surface area contributed by atoms with Crippen LogP contribution in [0.1, 0.15) is 33.6 Å². The van der Waals surface area contributed by atoms with Gasteiger partial charge >= 0.3 is 0 Å². The van der Waals surface area contributed by atoms with Crippen LogP contribution in [0.15, 0.2) is 146 Å². The van der Waals surface area contributed by atoms with Gasteiger partial charge in [0.05, 0.1) is 74.9 Å². The smallest absolute Gasteiger partial charge is 0.188 e. The number of rotatable bonds is 5. The number of nitrogens with zero attached hydrogens (tertiary/aromatic N) is 8. The maximum Gasteiger partial charge on any atom is 0.188 e.